The minimum atomic E-state index is -0.402. The van der Waals surface area contributed by atoms with Crippen molar-refractivity contribution >= 4 is 23.4 Å². The maximum Gasteiger partial charge on any atom is 0.321 e. The van der Waals surface area contributed by atoms with Gasteiger partial charge in [0.1, 0.15) is 0 Å². The van der Waals surface area contributed by atoms with E-state index in [-0.39, 0.29) is 12.6 Å². The second-order valence-electron chi connectivity index (χ2n) is 6.08. The van der Waals surface area contributed by atoms with Gasteiger partial charge in [0.05, 0.1) is 26.5 Å². The molecule has 1 heterocycles. The van der Waals surface area contributed by atoms with Crippen LogP contribution in [0.25, 0.3) is 0 Å². The third kappa shape index (κ3) is 4.90. The molecule has 4 amide bonds. The third-order valence-corrected chi connectivity index (χ3v) is 4.26. The molecular weight excluding hydrogens is 372 g/mol. The molecule has 3 N–H and O–H groups in total. The van der Waals surface area contributed by atoms with Crippen molar-refractivity contribution < 1.29 is 19.1 Å². The lowest BCUT2D eigenvalue weighted by Crippen LogP contribution is -2.29. The fraction of sp³-hybridized carbons (Fsp3) is 0.238. The van der Waals surface area contributed by atoms with Gasteiger partial charge in [-0.1, -0.05) is 17.9 Å². The van der Waals surface area contributed by atoms with Crippen molar-refractivity contribution in [3.63, 3.8) is 0 Å². The summed E-state index contributed by atoms with van der Waals surface area (Å²) in [5.74, 6) is 6.85. The monoisotopic (exact) mass is 394 g/mol. The fourth-order valence-electron chi connectivity index (χ4n) is 2.87. The van der Waals surface area contributed by atoms with Crippen molar-refractivity contribution in [2.75, 3.05) is 44.1 Å². The van der Waals surface area contributed by atoms with E-state index in [0.29, 0.717) is 30.3 Å². The van der Waals surface area contributed by atoms with Gasteiger partial charge in [-0.15, -0.1) is 0 Å². The number of ether oxygens (including phenoxy) is 2. The van der Waals surface area contributed by atoms with Crippen LogP contribution in [0.15, 0.2) is 42.5 Å². The topological polar surface area (TPSA) is 91.9 Å². The highest BCUT2D eigenvalue weighted by atomic mass is 16.5. The molecule has 2 aromatic rings. The van der Waals surface area contributed by atoms with Crippen molar-refractivity contribution in [2.24, 2.45) is 0 Å². The number of carbonyl (C=O) groups is 2. The summed E-state index contributed by atoms with van der Waals surface area (Å²) in [6.07, 6.45) is 0. The Morgan fingerprint density at radius 2 is 1.97 bits per heavy atom. The first-order chi connectivity index (χ1) is 14.1. The third-order valence-electron chi connectivity index (χ3n) is 4.26. The van der Waals surface area contributed by atoms with Gasteiger partial charge in [-0.3, -0.25) is 4.90 Å². The summed E-state index contributed by atoms with van der Waals surface area (Å²) in [7, 11) is 3.04. The summed E-state index contributed by atoms with van der Waals surface area (Å²) >= 11 is 0. The van der Waals surface area contributed by atoms with Gasteiger partial charge in [-0.05, 0) is 36.4 Å². The second kappa shape index (κ2) is 9.37. The molecule has 0 spiro atoms. The average molecular weight is 394 g/mol. The first-order valence-corrected chi connectivity index (χ1v) is 9.02. The molecule has 1 aliphatic rings. The van der Waals surface area contributed by atoms with Gasteiger partial charge in [-0.2, -0.15) is 0 Å². The number of nitrogens with one attached hydrogen (secondary N) is 3. The molecule has 1 aliphatic heterocycles. The summed E-state index contributed by atoms with van der Waals surface area (Å²) < 4.78 is 10.5. The predicted molar refractivity (Wildman–Crippen MR) is 111 cm³/mol. The molecule has 8 heteroatoms. The second-order valence-corrected chi connectivity index (χ2v) is 6.08. The Kier molecular flexibility index (Phi) is 6.43. The maximum absolute atomic E-state index is 12.1. The molecule has 0 bridgehead atoms. The van der Waals surface area contributed by atoms with Crippen LogP contribution in [0, 0.1) is 11.8 Å². The summed E-state index contributed by atoms with van der Waals surface area (Å²) in [5.41, 5.74) is 2.12. The molecule has 0 radical (unpaired) electrons. The molecular formula is C21H22N4O4. The number of hydrogen-bond donors (Lipinski definition) is 3. The molecule has 0 atom stereocenters. The molecule has 8 nitrogen and oxygen atoms in total. The number of amides is 4. The number of anilines is 2. The van der Waals surface area contributed by atoms with Gasteiger partial charge in [0.2, 0.25) is 0 Å². The van der Waals surface area contributed by atoms with E-state index in [9.17, 15) is 9.59 Å². The van der Waals surface area contributed by atoms with Crippen LogP contribution in [0.5, 0.6) is 11.5 Å². The van der Waals surface area contributed by atoms with E-state index in [1.807, 2.05) is 24.3 Å². The van der Waals surface area contributed by atoms with Crippen molar-refractivity contribution in [2.45, 2.75) is 0 Å². The number of para-hydroxylation sites is 1. The zero-order valence-corrected chi connectivity index (χ0v) is 16.2. The molecule has 0 aromatic heterocycles. The van der Waals surface area contributed by atoms with Crippen molar-refractivity contribution in [1.29, 1.82) is 0 Å². The van der Waals surface area contributed by atoms with Crippen molar-refractivity contribution in [3.8, 4) is 23.3 Å². The molecule has 150 valence electrons. The lowest BCUT2D eigenvalue weighted by Gasteiger charge is -2.13. The van der Waals surface area contributed by atoms with Crippen LogP contribution in [0.1, 0.15) is 5.56 Å². The van der Waals surface area contributed by atoms with Crippen LogP contribution in [-0.2, 0) is 0 Å². The SMILES string of the molecule is COc1cccc(NC(=O)NCC#Cc2ccc(N3CCNC3=O)cc2)c1OC. The number of hydrogen-bond acceptors (Lipinski definition) is 4. The summed E-state index contributed by atoms with van der Waals surface area (Å²) in [4.78, 5) is 25.4. The quantitative estimate of drug-likeness (QED) is 0.679. The largest absolute Gasteiger partial charge is 0.493 e. The van der Waals surface area contributed by atoms with E-state index in [1.54, 1.807) is 23.1 Å². The van der Waals surface area contributed by atoms with E-state index in [1.165, 1.54) is 14.2 Å². The summed E-state index contributed by atoms with van der Waals surface area (Å²) in [6, 6.07) is 12.1. The molecule has 0 unspecified atom stereocenters. The Morgan fingerprint density at radius 3 is 2.62 bits per heavy atom. The lowest BCUT2D eigenvalue weighted by molar-refractivity contribution is 0.251. The van der Waals surface area contributed by atoms with Gasteiger partial charge < -0.3 is 25.4 Å². The molecule has 0 saturated carbocycles. The molecule has 0 aliphatic carbocycles. The van der Waals surface area contributed by atoms with Crippen LogP contribution in [-0.4, -0.2) is 45.9 Å². The van der Waals surface area contributed by atoms with Crippen LogP contribution in [0.4, 0.5) is 21.0 Å². The van der Waals surface area contributed by atoms with Crippen molar-refractivity contribution in [3.05, 3.63) is 48.0 Å². The molecule has 29 heavy (non-hydrogen) atoms. The van der Waals surface area contributed by atoms with E-state index in [4.69, 9.17) is 9.47 Å². The fourth-order valence-corrected chi connectivity index (χ4v) is 2.87. The number of urea groups is 2. The number of nitrogens with zero attached hydrogens (tertiary/aromatic N) is 1. The zero-order valence-electron chi connectivity index (χ0n) is 16.2. The minimum absolute atomic E-state index is 0.0910. The number of methoxy groups -OCH3 is 2. The molecule has 2 aromatic carbocycles. The minimum Gasteiger partial charge on any atom is -0.493 e. The van der Waals surface area contributed by atoms with Gasteiger partial charge in [-0.25, -0.2) is 9.59 Å². The molecule has 1 saturated heterocycles. The van der Waals surface area contributed by atoms with E-state index < -0.39 is 6.03 Å². The number of rotatable bonds is 5. The highest BCUT2D eigenvalue weighted by Gasteiger charge is 2.20. The van der Waals surface area contributed by atoms with Crippen LogP contribution >= 0.6 is 0 Å². The van der Waals surface area contributed by atoms with Gasteiger partial charge in [0.15, 0.2) is 11.5 Å². The average Bonchev–Trinajstić information content (AvgIpc) is 3.17. The maximum atomic E-state index is 12.1. The van der Waals surface area contributed by atoms with E-state index in [0.717, 1.165) is 11.3 Å². The highest BCUT2D eigenvalue weighted by Crippen LogP contribution is 2.34. The van der Waals surface area contributed by atoms with Gasteiger partial charge in [0, 0.05) is 24.3 Å². The van der Waals surface area contributed by atoms with E-state index in [2.05, 4.69) is 27.8 Å². The Labute approximate surface area is 169 Å². The van der Waals surface area contributed by atoms with Crippen LogP contribution in [0.3, 0.4) is 0 Å². The normalized spacial score (nSPS) is 12.5. The Balaban J connectivity index is 1.52. The van der Waals surface area contributed by atoms with Crippen molar-refractivity contribution in [1.82, 2.24) is 10.6 Å². The first-order valence-electron chi connectivity index (χ1n) is 9.02. The van der Waals surface area contributed by atoms with Crippen LogP contribution in [0.2, 0.25) is 0 Å². The predicted octanol–water partition coefficient (Wildman–Crippen LogP) is 2.41. The summed E-state index contributed by atoms with van der Waals surface area (Å²) in [6.45, 7) is 1.48. The first kappa shape index (κ1) is 19.9. The van der Waals surface area contributed by atoms with E-state index >= 15 is 0 Å². The van der Waals surface area contributed by atoms with Gasteiger partial charge >= 0.3 is 12.1 Å². The smallest absolute Gasteiger partial charge is 0.321 e. The Morgan fingerprint density at radius 1 is 1.17 bits per heavy atom. The Bertz CT molecular complexity index is 947. The standard InChI is InChI=1S/C21H22N4O4/c1-28-18-7-3-6-17(19(18)29-2)24-20(26)22-12-4-5-15-8-10-16(11-9-15)25-14-13-23-21(25)27/h3,6-11H,12-14H2,1-2H3,(H,23,27)(H2,22,24,26). The zero-order chi connectivity index (χ0) is 20.6. The van der Waals surface area contributed by atoms with Gasteiger partial charge in [0.25, 0.3) is 0 Å². The summed E-state index contributed by atoms with van der Waals surface area (Å²) in [5, 5.41) is 8.15. The Hall–Kier alpha value is -3.86. The number of carbonyl (C=O) groups excluding carboxylic acids is 2. The molecule has 3 rings (SSSR count). The lowest BCUT2D eigenvalue weighted by atomic mass is 10.2. The molecule has 1 fully saturated rings. The number of benzene rings is 2. The highest BCUT2D eigenvalue weighted by molar-refractivity contribution is 5.94. The van der Waals surface area contributed by atoms with Crippen LogP contribution < -0.4 is 30.3 Å².